The Kier molecular flexibility index (Phi) is 6.26. The number of ether oxygens (including phenoxy) is 1. The lowest BCUT2D eigenvalue weighted by molar-refractivity contribution is 0.104. The summed E-state index contributed by atoms with van der Waals surface area (Å²) in [5, 5.41) is 26.3. The highest BCUT2D eigenvalue weighted by Gasteiger charge is 2.13. The fraction of sp³-hybridized carbons (Fsp3) is 0.217. The molecule has 0 aliphatic heterocycles. The van der Waals surface area contributed by atoms with Gasteiger partial charge in [-0.1, -0.05) is 12.1 Å². The first kappa shape index (κ1) is 20.5. The zero-order valence-electron chi connectivity index (χ0n) is 16.7. The van der Waals surface area contributed by atoms with E-state index in [-0.39, 0.29) is 19.0 Å². The second kappa shape index (κ2) is 8.86. The third kappa shape index (κ3) is 4.45. The third-order valence-corrected chi connectivity index (χ3v) is 4.95. The molecule has 0 aliphatic carbocycles. The molecule has 6 heteroatoms. The van der Waals surface area contributed by atoms with Gasteiger partial charge in [-0.05, 0) is 67.0 Å². The number of ketones is 1. The number of benzene rings is 2. The van der Waals surface area contributed by atoms with Crippen molar-refractivity contribution in [2.75, 3.05) is 7.11 Å². The van der Waals surface area contributed by atoms with Crippen molar-refractivity contribution in [1.29, 1.82) is 0 Å². The first-order valence-corrected chi connectivity index (χ1v) is 9.23. The maximum absolute atomic E-state index is 12.4. The maximum atomic E-state index is 12.4. The quantitative estimate of drug-likeness (QED) is 0.422. The molecule has 6 nitrogen and oxygen atoms in total. The number of allylic oxidation sites excluding steroid dienone is 1. The zero-order chi connectivity index (χ0) is 21.0. The van der Waals surface area contributed by atoms with Crippen LogP contribution >= 0.6 is 0 Å². The number of nitrogens with zero attached hydrogens (tertiary/aromatic N) is 1. The molecule has 0 amide bonds. The van der Waals surface area contributed by atoms with Gasteiger partial charge in [-0.2, -0.15) is 5.10 Å². The monoisotopic (exact) mass is 392 g/mol. The van der Waals surface area contributed by atoms with Crippen LogP contribution in [0, 0.1) is 13.8 Å². The van der Waals surface area contributed by atoms with Gasteiger partial charge in [-0.3, -0.25) is 9.89 Å². The number of hydrogen-bond acceptors (Lipinski definition) is 5. The summed E-state index contributed by atoms with van der Waals surface area (Å²) >= 11 is 0. The van der Waals surface area contributed by atoms with Crippen LogP contribution in [0.2, 0.25) is 0 Å². The van der Waals surface area contributed by atoms with Gasteiger partial charge in [0.25, 0.3) is 0 Å². The van der Waals surface area contributed by atoms with E-state index in [9.17, 15) is 15.0 Å². The predicted octanol–water partition coefficient (Wildman–Crippen LogP) is 3.58. The van der Waals surface area contributed by atoms with E-state index in [4.69, 9.17) is 4.74 Å². The largest absolute Gasteiger partial charge is 0.496 e. The van der Waals surface area contributed by atoms with E-state index in [0.717, 1.165) is 16.7 Å². The number of aromatic amines is 1. The van der Waals surface area contributed by atoms with Crippen LogP contribution in [0.15, 0.2) is 42.5 Å². The average molecular weight is 392 g/mol. The van der Waals surface area contributed by atoms with E-state index in [1.807, 2.05) is 32.0 Å². The minimum absolute atomic E-state index is 0.0826. The molecule has 3 N–H and O–H groups in total. The Morgan fingerprint density at radius 3 is 2.55 bits per heavy atom. The Hall–Kier alpha value is -3.22. The number of rotatable bonds is 7. The summed E-state index contributed by atoms with van der Waals surface area (Å²) in [4.78, 5) is 12.4. The zero-order valence-corrected chi connectivity index (χ0v) is 16.7. The Morgan fingerprint density at radius 1 is 1.10 bits per heavy atom. The van der Waals surface area contributed by atoms with Crippen LogP contribution in [0.3, 0.4) is 0 Å². The molecule has 3 rings (SSSR count). The molecule has 0 atom stereocenters. The van der Waals surface area contributed by atoms with Crippen molar-refractivity contribution in [1.82, 2.24) is 10.2 Å². The van der Waals surface area contributed by atoms with Crippen LogP contribution < -0.4 is 4.74 Å². The molecule has 0 fully saturated rings. The van der Waals surface area contributed by atoms with Crippen molar-refractivity contribution in [2.24, 2.45) is 0 Å². The van der Waals surface area contributed by atoms with Crippen molar-refractivity contribution < 1.29 is 19.7 Å². The maximum Gasteiger partial charge on any atom is 0.185 e. The van der Waals surface area contributed by atoms with Gasteiger partial charge >= 0.3 is 0 Å². The fourth-order valence-electron chi connectivity index (χ4n) is 3.08. The van der Waals surface area contributed by atoms with Crippen LogP contribution in [0.1, 0.15) is 38.3 Å². The average Bonchev–Trinajstić information content (AvgIpc) is 3.21. The minimum Gasteiger partial charge on any atom is -0.496 e. The second-order valence-electron chi connectivity index (χ2n) is 6.84. The molecular weight excluding hydrogens is 368 g/mol. The smallest absolute Gasteiger partial charge is 0.185 e. The summed E-state index contributed by atoms with van der Waals surface area (Å²) in [6.45, 7) is 3.54. The first-order valence-electron chi connectivity index (χ1n) is 9.23. The summed E-state index contributed by atoms with van der Waals surface area (Å²) in [5.74, 6) is 0.403. The van der Waals surface area contributed by atoms with Crippen molar-refractivity contribution in [3.8, 4) is 17.0 Å². The number of aromatic nitrogens is 2. The number of methoxy groups -OCH3 is 1. The van der Waals surface area contributed by atoms with Gasteiger partial charge in [0.2, 0.25) is 0 Å². The first-order chi connectivity index (χ1) is 14.0. The molecule has 0 spiro atoms. The highest BCUT2D eigenvalue weighted by Crippen LogP contribution is 2.30. The lowest BCUT2D eigenvalue weighted by Gasteiger charge is -2.12. The van der Waals surface area contributed by atoms with Crippen LogP contribution in [0.25, 0.3) is 17.3 Å². The molecule has 2 aromatic carbocycles. The molecule has 150 valence electrons. The van der Waals surface area contributed by atoms with Crippen molar-refractivity contribution in [3.63, 3.8) is 0 Å². The summed E-state index contributed by atoms with van der Waals surface area (Å²) in [5.41, 5.74) is 6.04. The van der Waals surface area contributed by atoms with E-state index in [2.05, 4.69) is 10.2 Å². The number of aryl methyl sites for hydroxylation is 2. The van der Waals surface area contributed by atoms with Crippen molar-refractivity contribution in [3.05, 3.63) is 76.0 Å². The van der Waals surface area contributed by atoms with Crippen molar-refractivity contribution in [2.45, 2.75) is 27.1 Å². The normalized spacial score (nSPS) is 11.2. The summed E-state index contributed by atoms with van der Waals surface area (Å²) in [7, 11) is 1.51. The van der Waals surface area contributed by atoms with Gasteiger partial charge in [0.05, 0.1) is 31.7 Å². The Bertz CT molecular complexity index is 1040. The molecule has 1 heterocycles. The SMILES string of the molecule is COc1cc(-c2cc(/C=C/C(=O)c3ccc(C)c(C)c3)[nH]n2)cc(CO)c1CO. The molecular formula is C23H24N2O4. The third-order valence-electron chi connectivity index (χ3n) is 4.95. The molecule has 0 unspecified atom stereocenters. The molecule has 3 aromatic rings. The van der Waals surface area contributed by atoms with E-state index in [1.165, 1.54) is 13.2 Å². The van der Waals surface area contributed by atoms with Crippen LogP contribution in [-0.2, 0) is 13.2 Å². The number of carbonyl (C=O) groups excluding carboxylic acids is 1. The molecule has 0 saturated carbocycles. The minimum atomic E-state index is -0.228. The van der Waals surface area contributed by atoms with Gasteiger partial charge in [-0.15, -0.1) is 0 Å². The van der Waals surface area contributed by atoms with Crippen molar-refractivity contribution >= 4 is 11.9 Å². The van der Waals surface area contributed by atoms with E-state index >= 15 is 0 Å². The van der Waals surface area contributed by atoms with E-state index < -0.39 is 0 Å². The number of H-pyrrole nitrogens is 1. The van der Waals surface area contributed by atoms with Gasteiger partial charge in [0.15, 0.2) is 5.78 Å². The van der Waals surface area contributed by atoms with Gasteiger partial charge in [0, 0.05) is 16.7 Å². The molecule has 29 heavy (non-hydrogen) atoms. The fourth-order valence-corrected chi connectivity index (χ4v) is 3.08. The summed E-state index contributed by atoms with van der Waals surface area (Å²) in [6, 6.07) is 11.0. The Labute approximate surface area is 169 Å². The predicted molar refractivity (Wildman–Crippen MR) is 112 cm³/mol. The number of hydrogen-bond donors (Lipinski definition) is 3. The topological polar surface area (TPSA) is 95.4 Å². The Morgan fingerprint density at radius 2 is 1.90 bits per heavy atom. The lowest BCUT2D eigenvalue weighted by Crippen LogP contribution is -1.99. The van der Waals surface area contributed by atoms with Gasteiger partial charge in [-0.25, -0.2) is 0 Å². The standard InChI is InChI=1S/C23H24N2O4/c1-14-4-5-16(8-15(14)2)22(28)7-6-19-11-21(25-24-19)17-9-18(12-26)20(13-27)23(10-17)29-3/h4-11,26-27H,12-13H2,1-3H3,(H,24,25)/b7-6+. The van der Waals surface area contributed by atoms with Gasteiger partial charge < -0.3 is 14.9 Å². The lowest BCUT2D eigenvalue weighted by atomic mass is 10.0. The van der Waals surface area contributed by atoms with Crippen LogP contribution in [0.5, 0.6) is 5.75 Å². The number of aliphatic hydroxyl groups is 2. The molecule has 0 bridgehead atoms. The number of carbonyl (C=O) groups is 1. The van der Waals surface area contributed by atoms with E-state index in [1.54, 1.807) is 24.3 Å². The summed E-state index contributed by atoms with van der Waals surface area (Å²) in [6.07, 6.45) is 3.19. The summed E-state index contributed by atoms with van der Waals surface area (Å²) < 4.78 is 5.33. The number of nitrogens with one attached hydrogen (secondary N) is 1. The van der Waals surface area contributed by atoms with Crippen LogP contribution in [-0.4, -0.2) is 33.3 Å². The van der Waals surface area contributed by atoms with Gasteiger partial charge in [0.1, 0.15) is 5.75 Å². The second-order valence-corrected chi connectivity index (χ2v) is 6.84. The highest BCUT2D eigenvalue weighted by molar-refractivity contribution is 6.06. The Balaban J connectivity index is 1.84. The van der Waals surface area contributed by atoms with E-state index in [0.29, 0.717) is 33.8 Å². The molecule has 1 aromatic heterocycles. The molecule has 0 aliphatic rings. The highest BCUT2D eigenvalue weighted by atomic mass is 16.5. The molecule has 0 radical (unpaired) electrons. The van der Waals surface area contributed by atoms with Crippen LogP contribution in [0.4, 0.5) is 0 Å². The number of aliphatic hydroxyl groups excluding tert-OH is 2. The molecule has 0 saturated heterocycles.